The van der Waals surface area contributed by atoms with E-state index in [1.807, 2.05) is 13.8 Å². The molecule has 0 spiro atoms. The summed E-state index contributed by atoms with van der Waals surface area (Å²) in [6.07, 6.45) is 0. The van der Waals surface area contributed by atoms with Crippen molar-refractivity contribution >= 4 is 22.5 Å². The maximum atomic E-state index is 11.9. The molecule has 1 aromatic carbocycles. The van der Waals surface area contributed by atoms with Gasteiger partial charge in [0.15, 0.2) is 5.69 Å². The molecule has 100 valence electrons. The predicted octanol–water partition coefficient (Wildman–Crippen LogP) is 1.86. The molecule has 2 aromatic rings. The van der Waals surface area contributed by atoms with E-state index in [1.54, 1.807) is 6.07 Å². The molecule has 0 aliphatic carbocycles. The van der Waals surface area contributed by atoms with Crippen molar-refractivity contribution in [2.45, 2.75) is 13.8 Å². The zero-order valence-electron chi connectivity index (χ0n) is 10.6. The summed E-state index contributed by atoms with van der Waals surface area (Å²) in [6.45, 7) is 4.49. The molecule has 0 atom stereocenters. The molecule has 0 radical (unpaired) electrons. The van der Waals surface area contributed by atoms with E-state index in [0.717, 1.165) is 0 Å². The highest BCUT2D eigenvalue weighted by Crippen LogP contribution is 2.21. The minimum absolute atomic E-state index is 0.0631. The highest BCUT2D eigenvalue weighted by Gasteiger charge is 2.17. The summed E-state index contributed by atoms with van der Waals surface area (Å²) in [7, 11) is 0. The number of carbonyl (C=O) groups is 1. The lowest BCUT2D eigenvalue weighted by molar-refractivity contribution is -0.384. The Kier molecular flexibility index (Phi) is 3.46. The van der Waals surface area contributed by atoms with Crippen LogP contribution < -0.4 is 5.32 Å². The van der Waals surface area contributed by atoms with Crippen LogP contribution in [-0.4, -0.2) is 27.6 Å². The predicted molar refractivity (Wildman–Crippen MR) is 69.9 cm³/mol. The summed E-state index contributed by atoms with van der Waals surface area (Å²) in [5, 5.41) is 20.5. The molecule has 0 saturated heterocycles. The molecule has 1 amide bonds. The Bertz CT molecular complexity index is 633. The zero-order valence-corrected chi connectivity index (χ0v) is 10.6. The van der Waals surface area contributed by atoms with Gasteiger partial charge >= 0.3 is 0 Å². The number of hydrogen-bond donors (Lipinski definition) is 2. The monoisotopic (exact) mass is 262 g/mol. The van der Waals surface area contributed by atoms with E-state index in [1.165, 1.54) is 12.1 Å². The number of aromatic amines is 1. The summed E-state index contributed by atoms with van der Waals surface area (Å²) < 4.78 is 0. The van der Waals surface area contributed by atoms with Crippen LogP contribution >= 0.6 is 0 Å². The van der Waals surface area contributed by atoms with Gasteiger partial charge < -0.3 is 5.32 Å². The van der Waals surface area contributed by atoms with Crippen LogP contribution in [0.4, 0.5) is 5.69 Å². The third-order valence-corrected chi connectivity index (χ3v) is 2.64. The Hall–Kier alpha value is -2.44. The minimum Gasteiger partial charge on any atom is -0.350 e. The standard InChI is InChI=1S/C12H14N4O3/c1-7(2)6-13-12(17)11-9-5-8(16(18)19)3-4-10(9)14-15-11/h3-5,7H,6H2,1-2H3,(H,13,17)(H,14,15). The number of carbonyl (C=O) groups excluding carboxylic acids is 1. The number of nitro groups is 1. The lowest BCUT2D eigenvalue weighted by Crippen LogP contribution is -2.27. The number of nitro benzene ring substituents is 1. The Balaban J connectivity index is 2.35. The minimum atomic E-state index is -0.498. The van der Waals surface area contributed by atoms with Gasteiger partial charge in [0, 0.05) is 24.1 Å². The van der Waals surface area contributed by atoms with Gasteiger partial charge in [0.25, 0.3) is 11.6 Å². The molecular formula is C12H14N4O3. The van der Waals surface area contributed by atoms with Crippen LogP contribution in [0.1, 0.15) is 24.3 Å². The van der Waals surface area contributed by atoms with E-state index in [4.69, 9.17) is 0 Å². The van der Waals surface area contributed by atoms with Crippen LogP contribution in [0.5, 0.6) is 0 Å². The van der Waals surface area contributed by atoms with Gasteiger partial charge in [-0.15, -0.1) is 0 Å². The molecule has 2 rings (SSSR count). The van der Waals surface area contributed by atoms with Crippen molar-refractivity contribution in [2.24, 2.45) is 5.92 Å². The maximum absolute atomic E-state index is 11.9. The molecule has 7 nitrogen and oxygen atoms in total. The van der Waals surface area contributed by atoms with Crippen molar-refractivity contribution in [3.63, 3.8) is 0 Å². The average Bonchev–Trinajstić information content (AvgIpc) is 2.78. The molecule has 0 aliphatic rings. The summed E-state index contributed by atoms with van der Waals surface area (Å²) in [6, 6.07) is 4.26. The van der Waals surface area contributed by atoms with Gasteiger partial charge in [0.1, 0.15) is 0 Å². The number of benzene rings is 1. The van der Waals surface area contributed by atoms with Crippen molar-refractivity contribution in [1.82, 2.24) is 15.5 Å². The Morgan fingerprint density at radius 3 is 2.89 bits per heavy atom. The number of aromatic nitrogens is 2. The SMILES string of the molecule is CC(C)CNC(=O)c1n[nH]c2ccc([N+](=O)[O-])cc12. The first-order valence-electron chi connectivity index (χ1n) is 5.89. The van der Waals surface area contributed by atoms with E-state index in [0.29, 0.717) is 23.4 Å². The van der Waals surface area contributed by atoms with Crippen molar-refractivity contribution < 1.29 is 9.72 Å². The van der Waals surface area contributed by atoms with Gasteiger partial charge in [-0.05, 0) is 12.0 Å². The first-order chi connectivity index (χ1) is 8.99. The van der Waals surface area contributed by atoms with Crippen LogP contribution in [0.3, 0.4) is 0 Å². The van der Waals surface area contributed by atoms with E-state index in [9.17, 15) is 14.9 Å². The van der Waals surface area contributed by atoms with Crippen LogP contribution in [0.25, 0.3) is 10.9 Å². The third kappa shape index (κ3) is 2.70. The molecule has 1 heterocycles. The zero-order chi connectivity index (χ0) is 14.0. The van der Waals surface area contributed by atoms with Crippen molar-refractivity contribution in [3.05, 3.63) is 34.0 Å². The number of rotatable bonds is 4. The number of non-ortho nitro benzene ring substituents is 1. The molecule has 7 heteroatoms. The summed E-state index contributed by atoms with van der Waals surface area (Å²) in [5.41, 5.74) is 0.714. The maximum Gasteiger partial charge on any atom is 0.272 e. The molecule has 0 fully saturated rings. The quantitative estimate of drug-likeness (QED) is 0.648. The molecule has 19 heavy (non-hydrogen) atoms. The van der Waals surface area contributed by atoms with E-state index in [-0.39, 0.29) is 17.3 Å². The second-order valence-electron chi connectivity index (χ2n) is 4.66. The van der Waals surface area contributed by atoms with Crippen LogP contribution in [-0.2, 0) is 0 Å². The average molecular weight is 262 g/mol. The second kappa shape index (κ2) is 5.05. The van der Waals surface area contributed by atoms with Crippen LogP contribution in [0.15, 0.2) is 18.2 Å². The second-order valence-corrected chi connectivity index (χ2v) is 4.66. The van der Waals surface area contributed by atoms with E-state index < -0.39 is 4.92 Å². The van der Waals surface area contributed by atoms with Crippen molar-refractivity contribution in [1.29, 1.82) is 0 Å². The van der Waals surface area contributed by atoms with Crippen molar-refractivity contribution in [2.75, 3.05) is 6.54 Å². The lowest BCUT2D eigenvalue weighted by Gasteiger charge is -2.05. The normalized spacial score (nSPS) is 10.9. The van der Waals surface area contributed by atoms with Gasteiger partial charge in [-0.25, -0.2) is 0 Å². The van der Waals surface area contributed by atoms with Gasteiger partial charge in [0.2, 0.25) is 0 Å². The number of hydrogen-bond acceptors (Lipinski definition) is 4. The number of nitrogens with one attached hydrogen (secondary N) is 2. The summed E-state index contributed by atoms with van der Waals surface area (Å²) >= 11 is 0. The number of H-pyrrole nitrogens is 1. The summed E-state index contributed by atoms with van der Waals surface area (Å²) in [4.78, 5) is 22.2. The van der Waals surface area contributed by atoms with Gasteiger partial charge in [0.05, 0.1) is 10.4 Å². The van der Waals surface area contributed by atoms with Gasteiger partial charge in [-0.2, -0.15) is 5.10 Å². The van der Waals surface area contributed by atoms with Crippen LogP contribution in [0, 0.1) is 16.0 Å². The number of amides is 1. The molecule has 0 bridgehead atoms. The fourth-order valence-electron chi connectivity index (χ4n) is 1.67. The smallest absolute Gasteiger partial charge is 0.272 e. The first-order valence-corrected chi connectivity index (χ1v) is 5.89. The largest absolute Gasteiger partial charge is 0.350 e. The van der Waals surface area contributed by atoms with E-state index >= 15 is 0 Å². The molecular weight excluding hydrogens is 248 g/mol. The molecule has 0 saturated carbocycles. The summed E-state index contributed by atoms with van der Waals surface area (Å²) in [5.74, 6) is -0.0102. The number of fused-ring (bicyclic) bond motifs is 1. The lowest BCUT2D eigenvalue weighted by atomic mass is 10.1. The van der Waals surface area contributed by atoms with Crippen molar-refractivity contribution in [3.8, 4) is 0 Å². The number of nitrogens with zero attached hydrogens (tertiary/aromatic N) is 2. The Morgan fingerprint density at radius 2 is 2.26 bits per heavy atom. The highest BCUT2D eigenvalue weighted by molar-refractivity contribution is 6.05. The molecule has 2 N–H and O–H groups in total. The first kappa shape index (κ1) is 13.0. The Morgan fingerprint density at radius 1 is 1.53 bits per heavy atom. The molecule has 0 unspecified atom stereocenters. The molecule has 1 aromatic heterocycles. The topological polar surface area (TPSA) is 101 Å². The molecule has 0 aliphatic heterocycles. The highest BCUT2D eigenvalue weighted by atomic mass is 16.6. The fourth-order valence-corrected chi connectivity index (χ4v) is 1.67. The fraction of sp³-hybridized carbons (Fsp3) is 0.333. The third-order valence-electron chi connectivity index (χ3n) is 2.64. The Labute approximate surface area is 109 Å². The van der Waals surface area contributed by atoms with Gasteiger partial charge in [-0.1, -0.05) is 13.8 Å². The van der Waals surface area contributed by atoms with Gasteiger partial charge in [-0.3, -0.25) is 20.0 Å². The van der Waals surface area contributed by atoms with E-state index in [2.05, 4.69) is 15.5 Å². The van der Waals surface area contributed by atoms with Crippen LogP contribution in [0.2, 0.25) is 0 Å².